The van der Waals surface area contributed by atoms with E-state index < -0.39 is 11.5 Å². The summed E-state index contributed by atoms with van der Waals surface area (Å²) in [6.45, 7) is 24.6. The van der Waals surface area contributed by atoms with Gasteiger partial charge in [-0.15, -0.1) is 0 Å². The highest BCUT2D eigenvalue weighted by molar-refractivity contribution is 5.95. The summed E-state index contributed by atoms with van der Waals surface area (Å²) in [6.07, 6.45) is 15.1. The molecule has 0 heterocycles. The van der Waals surface area contributed by atoms with Gasteiger partial charge in [-0.1, -0.05) is 118 Å². The molecule has 2 fully saturated rings. The van der Waals surface area contributed by atoms with Gasteiger partial charge < -0.3 is 5.11 Å². The molecule has 244 valence electrons. The summed E-state index contributed by atoms with van der Waals surface area (Å²) in [4.78, 5) is 27.8. The molecular formula is C40H66O3. The molecule has 43 heavy (non-hydrogen) atoms. The zero-order chi connectivity index (χ0) is 32.1. The van der Waals surface area contributed by atoms with Crippen molar-refractivity contribution >= 4 is 11.6 Å². The van der Waals surface area contributed by atoms with E-state index in [0.717, 1.165) is 37.2 Å². The maximum Gasteiger partial charge on any atom is 0.158 e. The second-order valence-corrected chi connectivity index (χ2v) is 17.3. The second-order valence-electron chi connectivity index (χ2n) is 17.3. The van der Waals surface area contributed by atoms with Crippen molar-refractivity contribution < 1.29 is 14.7 Å². The lowest BCUT2D eigenvalue weighted by Crippen LogP contribution is -2.67. The van der Waals surface area contributed by atoms with Gasteiger partial charge >= 0.3 is 0 Å². The molecule has 4 aliphatic carbocycles. The zero-order valence-electron chi connectivity index (χ0n) is 29.8. The van der Waals surface area contributed by atoms with Gasteiger partial charge in [-0.25, -0.2) is 0 Å². The van der Waals surface area contributed by atoms with Crippen LogP contribution < -0.4 is 0 Å². The van der Waals surface area contributed by atoms with Crippen molar-refractivity contribution in [2.24, 2.45) is 63.6 Å². The van der Waals surface area contributed by atoms with Crippen LogP contribution in [0.4, 0.5) is 0 Å². The van der Waals surface area contributed by atoms with E-state index >= 15 is 4.79 Å². The maximum atomic E-state index is 15.0. The molecule has 3 nitrogen and oxygen atoms in total. The van der Waals surface area contributed by atoms with Gasteiger partial charge in [0.25, 0.3) is 0 Å². The molecule has 1 N–H and O–H groups in total. The minimum Gasteiger partial charge on any atom is -0.388 e. The summed E-state index contributed by atoms with van der Waals surface area (Å²) in [7, 11) is 0. The van der Waals surface area contributed by atoms with E-state index in [9.17, 15) is 9.90 Å². The first-order valence-corrected chi connectivity index (χ1v) is 18.2. The minimum absolute atomic E-state index is 0.00827. The Morgan fingerprint density at radius 2 is 1.70 bits per heavy atom. The first-order chi connectivity index (χ1) is 20.0. The number of carbonyl (C=O) groups excluding carboxylic acids is 2. The van der Waals surface area contributed by atoms with Gasteiger partial charge in [-0.2, -0.15) is 0 Å². The molecule has 2 saturated carbocycles. The van der Waals surface area contributed by atoms with Crippen LogP contribution in [-0.2, 0) is 9.59 Å². The Balaban J connectivity index is 1.62. The van der Waals surface area contributed by atoms with Crippen LogP contribution in [-0.4, -0.2) is 22.8 Å². The number of ketones is 2. The van der Waals surface area contributed by atoms with Gasteiger partial charge in [-0.3, -0.25) is 9.59 Å². The van der Waals surface area contributed by atoms with Crippen molar-refractivity contribution in [2.75, 3.05) is 0 Å². The van der Waals surface area contributed by atoms with Crippen LogP contribution in [0, 0.1) is 63.6 Å². The average Bonchev–Trinajstić information content (AvgIpc) is 2.89. The lowest BCUT2D eigenvalue weighted by Gasteiger charge is -2.68. The molecule has 11 atom stereocenters. The molecule has 0 aliphatic heterocycles. The van der Waals surface area contributed by atoms with E-state index in [-0.39, 0.29) is 40.3 Å². The summed E-state index contributed by atoms with van der Waals surface area (Å²) in [6, 6.07) is 0. The van der Waals surface area contributed by atoms with Crippen molar-refractivity contribution in [1.29, 1.82) is 0 Å². The normalized spacial score (nSPS) is 41.8. The SMILES string of the molecule is CCCCCCCC(C)CCC1=CC(C(C)C)C2CC3(C)CC4(C)CC(C)=C(C(C)=O)C(O)C4(C)C(C)C3C(=O)C2C1C. The average molecular weight is 595 g/mol. The summed E-state index contributed by atoms with van der Waals surface area (Å²) in [5.41, 5.74) is 2.42. The third-order valence-electron chi connectivity index (χ3n) is 13.9. The van der Waals surface area contributed by atoms with E-state index in [2.05, 4.69) is 68.4 Å². The fourth-order valence-corrected chi connectivity index (χ4v) is 11.5. The quantitative estimate of drug-likeness (QED) is 0.191. The third kappa shape index (κ3) is 5.92. The molecule has 4 rings (SSSR count). The van der Waals surface area contributed by atoms with Crippen LogP contribution in [0.3, 0.4) is 0 Å². The van der Waals surface area contributed by atoms with Gasteiger partial charge in [0, 0.05) is 22.8 Å². The van der Waals surface area contributed by atoms with Crippen LogP contribution in [0.5, 0.6) is 0 Å². The van der Waals surface area contributed by atoms with Crippen molar-refractivity contribution in [3.63, 3.8) is 0 Å². The van der Waals surface area contributed by atoms with E-state index in [1.807, 2.05) is 6.92 Å². The highest BCUT2D eigenvalue weighted by Crippen LogP contribution is 2.71. The molecule has 0 spiro atoms. The van der Waals surface area contributed by atoms with Gasteiger partial charge in [0.1, 0.15) is 5.78 Å². The van der Waals surface area contributed by atoms with Crippen molar-refractivity contribution in [1.82, 2.24) is 0 Å². The number of Topliss-reactive ketones (excluding diaryl/α,β-unsaturated/α-hetero) is 2. The summed E-state index contributed by atoms with van der Waals surface area (Å²) >= 11 is 0. The first-order valence-electron chi connectivity index (χ1n) is 18.2. The molecule has 3 heteroatoms. The number of aliphatic hydroxyl groups excluding tert-OH is 1. The Hall–Kier alpha value is -1.22. The molecule has 0 aromatic rings. The number of aliphatic hydroxyl groups is 1. The van der Waals surface area contributed by atoms with Gasteiger partial charge in [0.15, 0.2) is 5.78 Å². The van der Waals surface area contributed by atoms with E-state index in [1.54, 1.807) is 6.92 Å². The predicted octanol–water partition coefficient (Wildman–Crippen LogP) is 10.2. The maximum absolute atomic E-state index is 15.0. The number of carbonyl (C=O) groups is 2. The van der Waals surface area contributed by atoms with Crippen LogP contribution in [0.1, 0.15) is 147 Å². The number of hydrogen-bond acceptors (Lipinski definition) is 3. The molecular weight excluding hydrogens is 528 g/mol. The van der Waals surface area contributed by atoms with Gasteiger partial charge in [0.05, 0.1) is 6.10 Å². The summed E-state index contributed by atoms with van der Waals surface area (Å²) < 4.78 is 0. The van der Waals surface area contributed by atoms with Crippen molar-refractivity contribution in [3.8, 4) is 0 Å². The Bertz CT molecular complexity index is 1110. The zero-order valence-corrected chi connectivity index (χ0v) is 29.8. The second kappa shape index (κ2) is 12.9. The lowest BCUT2D eigenvalue weighted by atomic mass is 9.35. The molecule has 4 aliphatic rings. The third-order valence-corrected chi connectivity index (χ3v) is 13.9. The monoisotopic (exact) mass is 595 g/mol. The Morgan fingerprint density at radius 3 is 2.30 bits per heavy atom. The lowest BCUT2D eigenvalue weighted by molar-refractivity contribution is -0.205. The van der Waals surface area contributed by atoms with Crippen LogP contribution in [0.2, 0.25) is 0 Å². The Labute approximate surface area is 265 Å². The van der Waals surface area contributed by atoms with Gasteiger partial charge in [0.2, 0.25) is 0 Å². The first kappa shape index (κ1) is 34.6. The van der Waals surface area contributed by atoms with E-state index in [1.165, 1.54) is 50.5 Å². The smallest absolute Gasteiger partial charge is 0.158 e. The molecule has 0 radical (unpaired) electrons. The Morgan fingerprint density at radius 1 is 1.05 bits per heavy atom. The molecule has 0 saturated heterocycles. The van der Waals surface area contributed by atoms with Crippen molar-refractivity contribution in [3.05, 3.63) is 22.8 Å². The van der Waals surface area contributed by atoms with Crippen LogP contribution >= 0.6 is 0 Å². The van der Waals surface area contributed by atoms with E-state index in [4.69, 9.17) is 0 Å². The molecule has 0 aromatic heterocycles. The predicted molar refractivity (Wildman–Crippen MR) is 180 cm³/mol. The topological polar surface area (TPSA) is 54.4 Å². The van der Waals surface area contributed by atoms with E-state index in [0.29, 0.717) is 29.1 Å². The fourth-order valence-electron chi connectivity index (χ4n) is 11.5. The highest BCUT2D eigenvalue weighted by atomic mass is 16.3. The molecule has 0 amide bonds. The number of allylic oxidation sites excluding steroid dienone is 3. The number of unbranched alkanes of at least 4 members (excludes halogenated alkanes) is 4. The molecule has 0 bridgehead atoms. The standard InChI is InChI=1S/C40H66O3/c1-12-13-14-15-16-17-25(4)18-19-30-20-31(24(2)3)32-22-38(9)23-39(10)21-26(5)33(29(8)41)37(43)40(39,11)28(7)35(38)36(42)34(32)27(30)6/h20,24-25,27-28,31-32,34-35,37,43H,12-19,21-23H2,1-11H3. The van der Waals surface area contributed by atoms with Crippen LogP contribution in [0.25, 0.3) is 0 Å². The number of rotatable bonds is 11. The Kier molecular flexibility index (Phi) is 10.4. The summed E-state index contributed by atoms with van der Waals surface area (Å²) in [5, 5.41) is 11.9. The fraction of sp³-hybridized carbons (Fsp3) is 0.850. The number of fused-ring (bicyclic) bond motifs is 3. The highest BCUT2D eigenvalue weighted by Gasteiger charge is 2.69. The molecule has 11 unspecified atom stereocenters. The summed E-state index contributed by atoms with van der Waals surface area (Å²) in [5.74, 6) is 2.80. The van der Waals surface area contributed by atoms with Gasteiger partial charge in [-0.05, 0) is 92.3 Å². The largest absolute Gasteiger partial charge is 0.388 e. The molecule has 0 aromatic carbocycles. The minimum atomic E-state index is -0.820. The van der Waals surface area contributed by atoms with Crippen LogP contribution in [0.15, 0.2) is 22.8 Å². The van der Waals surface area contributed by atoms with Crippen molar-refractivity contribution in [2.45, 2.75) is 153 Å². The number of hydrogen-bond donors (Lipinski definition) is 1.